The molecule has 88 valence electrons. The van der Waals surface area contributed by atoms with E-state index in [-0.39, 0.29) is 5.97 Å². The predicted molar refractivity (Wildman–Crippen MR) is 64.5 cm³/mol. The molecule has 1 aromatic rings. The van der Waals surface area contributed by atoms with Crippen molar-refractivity contribution in [1.29, 1.82) is 0 Å². The summed E-state index contributed by atoms with van der Waals surface area (Å²) in [4.78, 5) is 10.9. The smallest absolute Gasteiger partial charge is 0.320 e. The summed E-state index contributed by atoms with van der Waals surface area (Å²) in [7, 11) is 0. The number of carbonyl (C=O) groups is 1. The van der Waals surface area contributed by atoms with E-state index in [0.717, 1.165) is 0 Å². The Morgan fingerprint density at radius 2 is 2.31 bits per heavy atom. The number of ether oxygens (including phenoxy) is 1. The first-order valence-corrected chi connectivity index (χ1v) is 6.08. The van der Waals surface area contributed by atoms with Crippen LogP contribution in [0.2, 0.25) is 5.02 Å². The van der Waals surface area contributed by atoms with Crippen molar-refractivity contribution in [3.63, 3.8) is 0 Å². The number of alkyl halides is 1. The van der Waals surface area contributed by atoms with Crippen LogP contribution in [-0.4, -0.2) is 17.4 Å². The van der Waals surface area contributed by atoms with Gasteiger partial charge in [0.1, 0.15) is 10.6 Å². The van der Waals surface area contributed by atoms with Gasteiger partial charge in [-0.1, -0.05) is 33.6 Å². The summed E-state index contributed by atoms with van der Waals surface area (Å²) in [5, 5.41) is 0.314. The van der Waals surface area contributed by atoms with Crippen molar-refractivity contribution in [2.75, 3.05) is 6.61 Å². The van der Waals surface area contributed by atoms with Crippen molar-refractivity contribution in [3.8, 4) is 0 Å². The molecular weight excluding hydrogens is 298 g/mol. The van der Waals surface area contributed by atoms with Crippen LogP contribution >= 0.6 is 27.5 Å². The van der Waals surface area contributed by atoms with E-state index in [4.69, 9.17) is 16.3 Å². The molecule has 0 aliphatic carbocycles. The van der Waals surface area contributed by atoms with E-state index in [9.17, 15) is 9.18 Å². The van der Waals surface area contributed by atoms with E-state index in [1.165, 1.54) is 12.1 Å². The van der Waals surface area contributed by atoms with Crippen molar-refractivity contribution in [1.82, 2.24) is 0 Å². The zero-order valence-corrected chi connectivity index (χ0v) is 11.0. The summed E-state index contributed by atoms with van der Waals surface area (Å²) in [6.45, 7) is 2.07. The first-order valence-electron chi connectivity index (χ1n) is 4.79. The minimum atomic E-state index is -0.463. The van der Waals surface area contributed by atoms with E-state index >= 15 is 0 Å². The predicted octanol–water partition coefficient (Wildman–Crippen LogP) is 3.35. The molecule has 2 nitrogen and oxygen atoms in total. The first kappa shape index (κ1) is 13.5. The Hall–Kier alpha value is -0.610. The molecule has 1 unspecified atom stereocenters. The van der Waals surface area contributed by atoms with Crippen LogP contribution in [0, 0.1) is 5.82 Å². The minimum absolute atomic E-state index is 0.314. The highest BCUT2D eigenvalue weighted by atomic mass is 79.9. The van der Waals surface area contributed by atoms with Crippen LogP contribution < -0.4 is 0 Å². The molecule has 1 atom stereocenters. The van der Waals surface area contributed by atoms with Gasteiger partial charge in [-0.25, -0.2) is 4.39 Å². The lowest BCUT2D eigenvalue weighted by molar-refractivity contribution is -0.142. The summed E-state index contributed by atoms with van der Waals surface area (Å²) in [5.74, 6) is -0.737. The van der Waals surface area contributed by atoms with Gasteiger partial charge in [-0.2, -0.15) is 0 Å². The quantitative estimate of drug-likeness (QED) is 0.630. The Labute approximate surface area is 107 Å². The maximum absolute atomic E-state index is 12.8. The Kier molecular flexibility index (Phi) is 5.22. The molecule has 16 heavy (non-hydrogen) atoms. The van der Waals surface area contributed by atoms with Gasteiger partial charge >= 0.3 is 5.97 Å². The molecule has 0 aliphatic heterocycles. The Morgan fingerprint density at radius 1 is 1.62 bits per heavy atom. The Morgan fingerprint density at radius 3 is 2.88 bits per heavy atom. The molecule has 1 aromatic carbocycles. The molecule has 1 rings (SSSR count). The number of benzene rings is 1. The van der Waals surface area contributed by atoms with Gasteiger partial charge < -0.3 is 4.74 Å². The normalized spacial score (nSPS) is 12.2. The van der Waals surface area contributed by atoms with Gasteiger partial charge in [0.2, 0.25) is 0 Å². The van der Waals surface area contributed by atoms with Gasteiger partial charge in [0.05, 0.1) is 6.61 Å². The Bertz CT molecular complexity index is 384. The topological polar surface area (TPSA) is 26.3 Å². The highest BCUT2D eigenvalue weighted by Gasteiger charge is 2.17. The molecule has 0 aromatic heterocycles. The summed E-state index contributed by atoms with van der Waals surface area (Å²) in [5.41, 5.74) is 0.706. The molecule has 0 N–H and O–H groups in total. The number of carbonyl (C=O) groups excluding carboxylic acids is 1. The zero-order chi connectivity index (χ0) is 12.1. The summed E-state index contributed by atoms with van der Waals surface area (Å²) in [6, 6.07) is 4.10. The zero-order valence-electron chi connectivity index (χ0n) is 8.67. The second kappa shape index (κ2) is 6.21. The highest BCUT2D eigenvalue weighted by Crippen LogP contribution is 2.21. The molecule has 0 radical (unpaired) electrons. The summed E-state index contributed by atoms with van der Waals surface area (Å²) in [6.07, 6.45) is 0.373. The third kappa shape index (κ3) is 3.76. The maximum atomic E-state index is 12.8. The van der Waals surface area contributed by atoms with Crippen molar-refractivity contribution >= 4 is 33.5 Å². The van der Waals surface area contributed by atoms with E-state index in [2.05, 4.69) is 15.9 Å². The molecule has 0 amide bonds. The van der Waals surface area contributed by atoms with Crippen molar-refractivity contribution in [2.24, 2.45) is 0 Å². The molecule has 5 heteroatoms. The van der Waals surface area contributed by atoms with Crippen molar-refractivity contribution in [2.45, 2.75) is 18.2 Å². The largest absolute Gasteiger partial charge is 0.465 e. The van der Waals surface area contributed by atoms with Crippen LogP contribution in [0.3, 0.4) is 0 Å². The standard InChI is InChI=1S/C11H11BrClFO2/c1-2-16-11(15)9(12)5-7-3-4-8(14)6-10(7)13/h3-4,6,9H,2,5H2,1H3. The lowest BCUT2D eigenvalue weighted by Gasteiger charge is -2.10. The van der Waals surface area contributed by atoms with Crippen LogP contribution in [-0.2, 0) is 16.0 Å². The van der Waals surface area contributed by atoms with Crippen LogP contribution in [0.15, 0.2) is 18.2 Å². The van der Waals surface area contributed by atoms with E-state index in [0.29, 0.717) is 23.6 Å². The Balaban J connectivity index is 2.69. The van der Waals surface area contributed by atoms with Gasteiger partial charge in [0.25, 0.3) is 0 Å². The summed E-state index contributed by atoms with van der Waals surface area (Å²) < 4.78 is 17.6. The first-order chi connectivity index (χ1) is 7.54. The number of esters is 1. The van der Waals surface area contributed by atoms with Crippen LogP contribution in [0.25, 0.3) is 0 Å². The van der Waals surface area contributed by atoms with Crippen LogP contribution in [0.4, 0.5) is 4.39 Å². The number of hydrogen-bond acceptors (Lipinski definition) is 2. The van der Waals surface area contributed by atoms with Gasteiger partial charge in [0, 0.05) is 5.02 Å². The molecule has 0 fully saturated rings. The number of rotatable bonds is 4. The SMILES string of the molecule is CCOC(=O)C(Br)Cc1ccc(F)cc1Cl. The van der Waals surface area contributed by atoms with E-state index in [1.807, 2.05) is 0 Å². The van der Waals surface area contributed by atoms with Gasteiger partial charge in [-0.15, -0.1) is 0 Å². The number of halogens is 3. The van der Waals surface area contributed by atoms with Crippen LogP contribution in [0.1, 0.15) is 12.5 Å². The van der Waals surface area contributed by atoms with Crippen molar-refractivity contribution in [3.05, 3.63) is 34.6 Å². The third-order valence-electron chi connectivity index (χ3n) is 1.96. The molecule has 0 aliphatic rings. The average molecular weight is 310 g/mol. The lowest BCUT2D eigenvalue weighted by atomic mass is 10.1. The van der Waals surface area contributed by atoms with Crippen LogP contribution in [0.5, 0.6) is 0 Å². The fourth-order valence-electron chi connectivity index (χ4n) is 1.20. The van der Waals surface area contributed by atoms with E-state index < -0.39 is 10.6 Å². The molecular formula is C11H11BrClFO2. The number of hydrogen-bond donors (Lipinski definition) is 0. The fraction of sp³-hybridized carbons (Fsp3) is 0.364. The molecule has 0 saturated heterocycles. The molecule has 0 spiro atoms. The molecule has 0 bridgehead atoms. The average Bonchev–Trinajstić information content (AvgIpc) is 2.22. The van der Waals surface area contributed by atoms with E-state index in [1.54, 1.807) is 13.0 Å². The monoisotopic (exact) mass is 308 g/mol. The lowest BCUT2D eigenvalue weighted by Crippen LogP contribution is -2.19. The third-order valence-corrected chi connectivity index (χ3v) is 3.01. The van der Waals surface area contributed by atoms with Gasteiger partial charge in [-0.05, 0) is 31.0 Å². The van der Waals surface area contributed by atoms with Gasteiger partial charge in [-0.3, -0.25) is 4.79 Å². The second-order valence-corrected chi connectivity index (χ2v) is 4.67. The fourth-order valence-corrected chi connectivity index (χ4v) is 1.92. The van der Waals surface area contributed by atoms with Gasteiger partial charge in [0.15, 0.2) is 0 Å². The maximum Gasteiger partial charge on any atom is 0.320 e. The summed E-state index contributed by atoms with van der Waals surface area (Å²) >= 11 is 9.05. The molecule has 0 heterocycles. The second-order valence-electron chi connectivity index (χ2n) is 3.16. The van der Waals surface area contributed by atoms with Crippen molar-refractivity contribution < 1.29 is 13.9 Å². The molecule has 0 saturated carbocycles. The minimum Gasteiger partial charge on any atom is -0.465 e. The highest BCUT2D eigenvalue weighted by molar-refractivity contribution is 9.10.